The van der Waals surface area contributed by atoms with Crippen LogP contribution >= 0.6 is 0 Å². The van der Waals surface area contributed by atoms with Gasteiger partial charge in [-0.15, -0.1) is 0 Å². The molecule has 0 bridgehead atoms. The van der Waals surface area contributed by atoms with Crippen LogP contribution in [-0.2, 0) is 34.3 Å². The minimum Gasteiger partial charge on any atom is -0.461 e. The zero-order valence-corrected chi connectivity index (χ0v) is 26.1. The molecule has 1 atom stereocenters. The summed E-state index contributed by atoms with van der Waals surface area (Å²) in [5.41, 5.74) is 6.42. The summed E-state index contributed by atoms with van der Waals surface area (Å²) in [6.07, 6.45) is 6.39. The monoisotopic (exact) mass is 611 g/mol. The lowest BCUT2D eigenvalue weighted by atomic mass is 9.85. The minimum absolute atomic E-state index is 0.00464. The number of rotatable bonds is 9. The number of benzene rings is 1. The predicted octanol–water partition coefficient (Wildman–Crippen LogP) is 3.48. The van der Waals surface area contributed by atoms with E-state index in [4.69, 9.17) is 24.7 Å². The van der Waals surface area contributed by atoms with Crippen LogP contribution in [0.5, 0.6) is 0 Å². The molecule has 7 rings (SSSR count). The van der Waals surface area contributed by atoms with E-state index in [1.165, 1.54) is 0 Å². The highest BCUT2D eigenvalue weighted by atomic mass is 16.6. The van der Waals surface area contributed by atoms with Gasteiger partial charge < -0.3 is 14.8 Å². The number of carbonyl (C=O) groups is 1. The first-order chi connectivity index (χ1) is 22.0. The predicted molar refractivity (Wildman–Crippen MR) is 170 cm³/mol. The van der Waals surface area contributed by atoms with Gasteiger partial charge in [-0.05, 0) is 12.3 Å². The lowest BCUT2D eigenvalue weighted by molar-refractivity contribution is -0.154. The van der Waals surface area contributed by atoms with E-state index in [0.29, 0.717) is 31.5 Å². The molecule has 1 N–H and O–H groups in total. The molecule has 3 aromatic heterocycles. The summed E-state index contributed by atoms with van der Waals surface area (Å²) < 4.78 is 14.9. The van der Waals surface area contributed by atoms with Gasteiger partial charge in [0, 0.05) is 87.8 Å². The number of aryl methyl sites for hydroxylation is 1. The summed E-state index contributed by atoms with van der Waals surface area (Å²) in [6.45, 7) is 9.12. The SMILES string of the molecule is C[C@@H]1Cc2nn(C)c(-c3ccccc3)c2-c2nc(Nc3ccn(CCN4CCN(CC(=O)OC5CCOCC5)CC4)n3)ncc21. The Balaban J connectivity index is 0.947. The molecule has 0 saturated carbocycles. The highest BCUT2D eigenvalue weighted by molar-refractivity contribution is 5.84. The van der Waals surface area contributed by atoms with Crippen LogP contribution in [0.15, 0.2) is 48.8 Å². The molecule has 236 valence electrons. The highest BCUT2D eigenvalue weighted by Gasteiger charge is 2.31. The Kier molecular flexibility index (Phi) is 8.59. The fourth-order valence-electron chi connectivity index (χ4n) is 6.59. The number of fused-ring (bicyclic) bond motifs is 3. The van der Waals surface area contributed by atoms with Crippen molar-refractivity contribution in [2.24, 2.45) is 7.05 Å². The number of nitrogens with one attached hydrogen (secondary N) is 1. The molecule has 0 spiro atoms. The van der Waals surface area contributed by atoms with E-state index in [2.05, 4.69) is 51.3 Å². The van der Waals surface area contributed by atoms with E-state index in [9.17, 15) is 4.79 Å². The van der Waals surface area contributed by atoms with Gasteiger partial charge in [0.25, 0.3) is 0 Å². The van der Waals surface area contributed by atoms with Crippen molar-refractivity contribution in [2.75, 3.05) is 57.8 Å². The Morgan fingerprint density at radius 3 is 2.60 bits per heavy atom. The fourth-order valence-corrected chi connectivity index (χ4v) is 6.59. The number of carbonyl (C=O) groups excluding carboxylic acids is 1. The van der Waals surface area contributed by atoms with Crippen molar-refractivity contribution < 1.29 is 14.3 Å². The number of piperazine rings is 1. The van der Waals surface area contributed by atoms with Gasteiger partial charge in [0.1, 0.15) is 6.10 Å². The van der Waals surface area contributed by atoms with Gasteiger partial charge in [-0.25, -0.2) is 9.97 Å². The molecule has 12 nitrogen and oxygen atoms in total. The molecule has 2 saturated heterocycles. The molecular weight excluding hydrogens is 570 g/mol. The second kappa shape index (κ2) is 13.1. The minimum atomic E-state index is -0.123. The lowest BCUT2D eigenvalue weighted by Crippen LogP contribution is -2.49. The van der Waals surface area contributed by atoms with E-state index in [1.807, 2.05) is 40.9 Å². The molecule has 0 amide bonds. The van der Waals surface area contributed by atoms with Crippen molar-refractivity contribution in [3.8, 4) is 22.5 Å². The number of aromatic nitrogens is 6. The second-order valence-corrected chi connectivity index (χ2v) is 12.3. The first-order valence-electron chi connectivity index (χ1n) is 16.0. The summed E-state index contributed by atoms with van der Waals surface area (Å²) >= 11 is 0. The Bertz CT molecular complexity index is 1620. The third-order valence-electron chi connectivity index (χ3n) is 9.06. The normalized spacial score (nSPS) is 19.2. The number of anilines is 2. The van der Waals surface area contributed by atoms with E-state index < -0.39 is 0 Å². The van der Waals surface area contributed by atoms with Crippen molar-refractivity contribution in [1.29, 1.82) is 0 Å². The zero-order valence-electron chi connectivity index (χ0n) is 26.1. The second-order valence-electron chi connectivity index (χ2n) is 12.3. The third kappa shape index (κ3) is 6.63. The Labute approximate surface area is 263 Å². The standard InChI is InChI=1S/C33H41N9O3/c1-23-20-27-30(32(39(2)37-27)24-6-4-3-5-7-24)31-26(23)21-34-33(36-31)35-28-8-11-42(38-28)17-16-40-12-14-41(15-13-40)22-29(43)45-25-9-18-44-19-10-25/h3-8,11,21,23,25H,9-10,12-20,22H2,1-2H3,(H,34,35,36,38)/t23-/m1/s1. The summed E-state index contributed by atoms with van der Waals surface area (Å²) in [5, 5.41) is 12.9. The van der Waals surface area contributed by atoms with Crippen molar-refractivity contribution in [3.63, 3.8) is 0 Å². The maximum atomic E-state index is 12.4. The van der Waals surface area contributed by atoms with Gasteiger partial charge in [-0.2, -0.15) is 10.2 Å². The average molecular weight is 612 g/mol. The van der Waals surface area contributed by atoms with Gasteiger partial charge in [-0.1, -0.05) is 37.3 Å². The lowest BCUT2D eigenvalue weighted by Gasteiger charge is -2.34. The first kappa shape index (κ1) is 29.6. The highest BCUT2D eigenvalue weighted by Crippen LogP contribution is 2.43. The maximum absolute atomic E-state index is 12.4. The van der Waals surface area contributed by atoms with Crippen molar-refractivity contribution in [3.05, 3.63) is 60.0 Å². The first-order valence-corrected chi connectivity index (χ1v) is 16.0. The molecule has 5 heterocycles. The molecule has 1 aromatic carbocycles. The van der Waals surface area contributed by atoms with Crippen LogP contribution in [0.4, 0.5) is 11.8 Å². The fraction of sp³-hybridized carbons (Fsp3) is 0.485. The van der Waals surface area contributed by atoms with Crippen LogP contribution in [0.25, 0.3) is 22.5 Å². The molecule has 12 heteroatoms. The number of hydrogen-bond donors (Lipinski definition) is 1. The van der Waals surface area contributed by atoms with E-state index >= 15 is 0 Å². The van der Waals surface area contributed by atoms with E-state index in [0.717, 1.165) is 92.3 Å². The van der Waals surface area contributed by atoms with Crippen LogP contribution in [-0.4, -0.2) is 104 Å². The van der Waals surface area contributed by atoms with Crippen molar-refractivity contribution in [1.82, 2.24) is 39.3 Å². The van der Waals surface area contributed by atoms with Crippen LogP contribution in [0.1, 0.15) is 36.9 Å². The van der Waals surface area contributed by atoms with Gasteiger partial charge >= 0.3 is 5.97 Å². The van der Waals surface area contributed by atoms with Gasteiger partial charge in [0.05, 0.1) is 43.4 Å². The molecule has 45 heavy (non-hydrogen) atoms. The molecule has 2 fully saturated rings. The summed E-state index contributed by atoms with van der Waals surface area (Å²) in [5.74, 6) is 1.39. The topological polar surface area (TPSA) is 115 Å². The van der Waals surface area contributed by atoms with Crippen molar-refractivity contribution in [2.45, 2.75) is 44.8 Å². The molecule has 0 radical (unpaired) electrons. The van der Waals surface area contributed by atoms with E-state index in [1.54, 1.807) is 0 Å². The van der Waals surface area contributed by atoms with Crippen molar-refractivity contribution >= 4 is 17.7 Å². The number of ether oxygens (including phenoxy) is 2. The molecular formula is C33H41N9O3. The Morgan fingerprint density at radius 1 is 1.02 bits per heavy atom. The third-order valence-corrected chi connectivity index (χ3v) is 9.06. The largest absolute Gasteiger partial charge is 0.461 e. The molecule has 4 aromatic rings. The number of hydrogen-bond acceptors (Lipinski definition) is 10. The Morgan fingerprint density at radius 2 is 1.80 bits per heavy atom. The Hall–Kier alpha value is -4.13. The molecule has 1 aliphatic carbocycles. The van der Waals surface area contributed by atoms with Gasteiger partial charge in [-0.3, -0.25) is 24.0 Å². The van der Waals surface area contributed by atoms with Gasteiger partial charge in [0.15, 0.2) is 5.82 Å². The zero-order chi connectivity index (χ0) is 30.8. The van der Waals surface area contributed by atoms with Crippen LogP contribution in [0, 0.1) is 0 Å². The number of esters is 1. The summed E-state index contributed by atoms with van der Waals surface area (Å²) in [6, 6.07) is 12.3. The van der Waals surface area contributed by atoms with Crippen LogP contribution in [0.3, 0.4) is 0 Å². The molecule has 3 aliphatic rings. The average Bonchev–Trinajstić information content (AvgIpc) is 3.64. The van der Waals surface area contributed by atoms with Crippen LogP contribution in [0.2, 0.25) is 0 Å². The van der Waals surface area contributed by atoms with Gasteiger partial charge in [0.2, 0.25) is 5.95 Å². The maximum Gasteiger partial charge on any atom is 0.320 e. The smallest absolute Gasteiger partial charge is 0.320 e. The molecule has 2 aliphatic heterocycles. The van der Waals surface area contributed by atoms with Crippen LogP contribution < -0.4 is 5.32 Å². The number of nitrogens with zero attached hydrogens (tertiary/aromatic N) is 8. The summed E-state index contributed by atoms with van der Waals surface area (Å²) in [7, 11) is 2.00. The summed E-state index contributed by atoms with van der Waals surface area (Å²) in [4.78, 5) is 26.6. The molecule has 0 unspecified atom stereocenters. The van der Waals surface area contributed by atoms with E-state index in [-0.39, 0.29) is 18.0 Å². The quantitative estimate of drug-likeness (QED) is 0.282.